The Morgan fingerprint density at radius 1 is 1.34 bits per heavy atom. The maximum absolute atomic E-state index is 12.6. The van der Waals surface area contributed by atoms with Gasteiger partial charge in [0.2, 0.25) is 5.82 Å². The molecule has 1 amide bonds. The third kappa shape index (κ3) is 4.55. The quantitative estimate of drug-likeness (QED) is 0.633. The van der Waals surface area contributed by atoms with Crippen LogP contribution in [0.15, 0.2) is 47.1 Å². The summed E-state index contributed by atoms with van der Waals surface area (Å²) in [6.07, 6.45) is 1.17. The number of rotatable bonds is 5. The zero-order valence-electron chi connectivity index (χ0n) is 15.7. The summed E-state index contributed by atoms with van der Waals surface area (Å²) in [5.41, 5.74) is 1.50. The van der Waals surface area contributed by atoms with Crippen molar-refractivity contribution in [3.05, 3.63) is 59.1 Å². The Morgan fingerprint density at radius 2 is 2.24 bits per heavy atom. The molecule has 4 rings (SSSR count). The van der Waals surface area contributed by atoms with Crippen molar-refractivity contribution in [3.63, 3.8) is 0 Å². The Labute approximate surface area is 172 Å². The number of benzene rings is 1. The van der Waals surface area contributed by atoms with Gasteiger partial charge in [-0.05, 0) is 42.8 Å². The van der Waals surface area contributed by atoms with Crippen LogP contribution in [0.3, 0.4) is 0 Å². The molecule has 0 N–H and O–H groups in total. The highest BCUT2D eigenvalue weighted by atomic mass is 35.5. The molecule has 3 aromatic rings. The molecule has 0 radical (unpaired) electrons. The summed E-state index contributed by atoms with van der Waals surface area (Å²) in [5, 5.41) is 4.61. The second kappa shape index (κ2) is 8.59. The highest BCUT2D eigenvalue weighted by Gasteiger charge is 2.29. The Bertz CT molecular complexity index is 995. The average molecular weight is 415 g/mol. The fourth-order valence-electron chi connectivity index (χ4n) is 2.93. The topological polar surface area (TPSA) is 90.6 Å². The number of carbonyl (C=O) groups excluding carboxylic acids is 1. The number of ether oxygens (including phenoxy) is 2. The molecule has 150 valence electrons. The number of nitrogens with zero attached hydrogens (tertiary/aromatic N) is 4. The van der Waals surface area contributed by atoms with Crippen molar-refractivity contribution < 1.29 is 18.8 Å². The standard InChI is InChI=1S/C20H19ClN4O4/c1-13-10-14(5-6-15(13)21)28-12-18(26)25-8-9-27-17(11-25)20-23-19(24-29-20)16-4-2-3-7-22-16/h2-7,10,17H,8-9,11-12H2,1H3/t17-/m1/s1. The molecular weight excluding hydrogens is 396 g/mol. The van der Waals surface area contributed by atoms with Crippen molar-refractivity contribution in [2.24, 2.45) is 0 Å². The third-order valence-electron chi connectivity index (χ3n) is 4.52. The van der Waals surface area contributed by atoms with E-state index < -0.39 is 6.10 Å². The minimum absolute atomic E-state index is 0.0726. The Balaban J connectivity index is 1.37. The van der Waals surface area contributed by atoms with Crippen LogP contribution in [0.4, 0.5) is 0 Å². The van der Waals surface area contributed by atoms with E-state index in [-0.39, 0.29) is 12.5 Å². The smallest absolute Gasteiger partial charge is 0.260 e. The summed E-state index contributed by atoms with van der Waals surface area (Å²) in [6, 6.07) is 10.7. The van der Waals surface area contributed by atoms with Crippen molar-refractivity contribution in [2.45, 2.75) is 13.0 Å². The number of hydrogen-bond acceptors (Lipinski definition) is 7. The SMILES string of the molecule is Cc1cc(OCC(=O)N2CCO[C@@H](c3nc(-c4ccccn4)no3)C2)ccc1Cl. The van der Waals surface area contributed by atoms with E-state index in [4.69, 9.17) is 25.6 Å². The zero-order chi connectivity index (χ0) is 20.2. The van der Waals surface area contributed by atoms with Crippen LogP contribution in [0.25, 0.3) is 11.5 Å². The van der Waals surface area contributed by atoms with Crippen LogP contribution in [-0.4, -0.2) is 52.2 Å². The first-order chi connectivity index (χ1) is 14.1. The lowest BCUT2D eigenvalue weighted by molar-refractivity contribution is -0.142. The molecule has 1 atom stereocenters. The van der Waals surface area contributed by atoms with Crippen LogP contribution in [-0.2, 0) is 9.53 Å². The zero-order valence-corrected chi connectivity index (χ0v) is 16.5. The van der Waals surface area contributed by atoms with Gasteiger partial charge in [-0.2, -0.15) is 4.98 Å². The Morgan fingerprint density at radius 3 is 3.03 bits per heavy atom. The molecule has 0 spiro atoms. The predicted octanol–water partition coefficient (Wildman–Crippen LogP) is 3.07. The van der Waals surface area contributed by atoms with E-state index in [1.165, 1.54) is 0 Å². The van der Waals surface area contributed by atoms with Crippen molar-refractivity contribution in [1.82, 2.24) is 20.0 Å². The number of aryl methyl sites for hydroxylation is 1. The number of amides is 1. The van der Waals surface area contributed by atoms with Gasteiger partial charge in [0, 0.05) is 17.8 Å². The van der Waals surface area contributed by atoms with Crippen LogP contribution in [0.1, 0.15) is 17.6 Å². The molecule has 3 heterocycles. The van der Waals surface area contributed by atoms with E-state index in [9.17, 15) is 4.79 Å². The molecule has 0 unspecified atom stereocenters. The molecule has 1 fully saturated rings. The van der Waals surface area contributed by atoms with E-state index >= 15 is 0 Å². The molecular formula is C20H19ClN4O4. The van der Waals surface area contributed by atoms with Gasteiger partial charge in [0.1, 0.15) is 11.4 Å². The van der Waals surface area contributed by atoms with Crippen molar-refractivity contribution >= 4 is 17.5 Å². The summed E-state index contributed by atoms with van der Waals surface area (Å²) in [7, 11) is 0. The highest BCUT2D eigenvalue weighted by Crippen LogP contribution is 2.24. The third-order valence-corrected chi connectivity index (χ3v) is 4.95. The largest absolute Gasteiger partial charge is 0.484 e. The van der Waals surface area contributed by atoms with Gasteiger partial charge < -0.3 is 18.9 Å². The predicted molar refractivity (Wildman–Crippen MR) is 104 cm³/mol. The monoisotopic (exact) mass is 414 g/mol. The molecule has 0 bridgehead atoms. The van der Waals surface area contributed by atoms with E-state index in [1.54, 1.807) is 35.4 Å². The fourth-order valence-corrected chi connectivity index (χ4v) is 3.05. The molecule has 1 aliphatic rings. The van der Waals surface area contributed by atoms with Gasteiger partial charge in [-0.15, -0.1) is 0 Å². The molecule has 9 heteroatoms. The molecule has 8 nitrogen and oxygen atoms in total. The van der Waals surface area contributed by atoms with Gasteiger partial charge >= 0.3 is 0 Å². The van der Waals surface area contributed by atoms with Gasteiger partial charge in [0.05, 0.1) is 13.2 Å². The molecule has 1 saturated heterocycles. The summed E-state index contributed by atoms with van der Waals surface area (Å²) in [5.74, 6) is 1.16. The first kappa shape index (κ1) is 19.4. The lowest BCUT2D eigenvalue weighted by Crippen LogP contribution is -2.44. The number of pyridine rings is 1. The molecule has 1 aliphatic heterocycles. The van der Waals surface area contributed by atoms with Crippen LogP contribution >= 0.6 is 11.6 Å². The Hall–Kier alpha value is -2.97. The van der Waals surface area contributed by atoms with Gasteiger partial charge in [0.25, 0.3) is 11.8 Å². The van der Waals surface area contributed by atoms with Gasteiger partial charge in [-0.25, -0.2) is 0 Å². The maximum atomic E-state index is 12.6. The minimum atomic E-state index is -0.490. The van der Waals surface area contributed by atoms with E-state index in [0.29, 0.717) is 47.9 Å². The Kier molecular flexibility index (Phi) is 5.73. The van der Waals surface area contributed by atoms with Gasteiger partial charge in [0.15, 0.2) is 12.7 Å². The number of morpholine rings is 1. The number of aromatic nitrogens is 3. The van der Waals surface area contributed by atoms with Crippen molar-refractivity contribution in [2.75, 3.05) is 26.3 Å². The second-order valence-corrected chi connectivity index (χ2v) is 6.98. The average Bonchev–Trinajstić information content (AvgIpc) is 3.25. The van der Waals surface area contributed by atoms with Gasteiger partial charge in [-0.3, -0.25) is 9.78 Å². The summed E-state index contributed by atoms with van der Waals surface area (Å²) >= 11 is 6.01. The van der Waals surface area contributed by atoms with Crippen LogP contribution < -0.4 is 4.74 Å². The lowest BCUT2D eigenvalue weighted by atomic mass is 10.2. The van der Waals surface area contributed by atoms with Crippen molar-refractivity contribution in [3.8, 4) is 17.3 Å². The summed E-state index contributed by atoms with van der Waals surface area (Å²) in [6.45, 7) is 2.97. The first-order valence-corrected chi connectivity index (χ1v) is 9.51. The fraction of sp³-hybridized carbons (Fsp3) is 0.300. The van der Waals surface area contributed by atoms with Crippen molar-refractivity contribution in [1.29, 1.82) is 0 Å². The molecule has 0 saturated carbocycles. The van der Waals surface area contributed by atoms with E-state index in [0.717, 1.165) is 5.56 Å². The normalized spacial score (nSPS) is 16.6. The highest BCUT2D eigenvalue weighted by molar-refractivity contribution is 6.31. The summed E-state index contributed by atoms with van der Waals surface area (Å²) < 4.78 is 16.7. The van der Waals surface area contributed by atoms with E-state index in [1.807, 2.05) is 19.1 Å². The molecule has 0 aliphatic carbocycles. The molecule has 1 aromatic carbocycles. The minimum Gasteiger partial charge on any atom is -0.484 e. The number of halogens is 1. The van der Waals surface area contributed by atoms with Crippen LogP contribution in [0.5, 0.6) is 5.75 Å². The summed E-state index contributed by atoms with van der Waals surface area (Å²) in [4.78, 5) is 22.8. The second-order valence-electron chi connectivity index (χ2n) is 6.57. The van der Waals surface area contributed by atoms with Gasteiger partial charge in [-0.1, -0.05) is 22.8 Å². The maximum Gasteiger partial charge on any atom is 0.260 e. The lowest BCUT2D eigenvalue weighted by Gasteiger charge is -2.31. The molecule has 29 heavy (non-hydrogen) atoms. The number of carbonyl (C=O) groups is 1. The first-order valence-electron chi connectivity index (χ1n) is 9.13. The van der Waals surface area contributed by atoms with E-state index in [2.05, 4.69) is 15.1 Å². The number of hydrogen-bond donors (Lipinski definition) is 0. The van der Waals surface area contributed by atoms with Crippen LogP contribution in [0.2, 0.25) is 5.02 Å². The van der Waals surface area contributed by atoms with Crippen LogP contribution in [0, 0.1) is 6.92 Å². The molecule has 2 aromatic heterocycles.